The van der Waals surface area contributed by atoms with Gasteiger partial charge in [0.2, 0.25) is 10.0 Å². The fourth-order valence-electron chi connectivity index (χ4n) is 3.80. The molecule has 0 bridgehead atoms. The Balaban J connectivity index is 1.71. The Bertz CT molecular complexity index is 1040. The van der Waals surface area contributed by atoms with Crippen molar-refractivity contribution >= 4 is 26.9 Å². The van der Waals surface area contributed by atoms with E-state index in [1.165, 1.54) is 4.31 Å². The highest BCUT2D eigenvalue weighted by Crippen LogP contribution is 2.29. The molecule has 31 heavy (non-hydrogen) atoms. The van der Waals surface area contributed by atoms with Gasteiger partial charge in [-0.2, -0.15) is 4.31 Å². The summed E-state index contributed by atoms with van der Waals surface area (Å²) in [4.78, 5) is 16.6. The molecule has 1 amide bonds. The Labute approximate surface area is 184 Å². The number of hydrogen-bond acceptors (Lipinski definition) is 6. The first-order valence-electron chi connectivity index (χ1n) is 10.6. The lowest BCUT2D eigenvalue weighted by Crippen LogP contribution is -2.51. The first kappa shape index (κ1) is 23.4. The zero-order valence-corrected chi connectivity index (χ0v) is 19.6. The van der Waals surface area contributed by atoms with Crippen LogP contribution >= 0.6 is 0 Å². The third-order valence-corrected chi connectivity index (χ3v) is 7.15. The number of alkyl carbamates (subject to hydrolysis) is 1. The summed E-state index contributed by atoms with van der Waals surface area (Å²) in [6.07, 6.45) is 3.89. The topological polar surface area (TPSA) is 101 Å². The van der Waals surface area contributed by atoms with Crippen molar-refractivity contribution in [3.8, 4) is 0 Å². The van der Waals surface area contributed by atoms with Crippen LogP contribution in [-0.2, 0) is 14.8 Å². The molecule has 2 heterocycles. The number of fused-ring (bicyclic) bond motifs is 1. The van der Waals surface area contributed by atoms with Crippen LogP contribution in [0.3, 0.4) is 0 Å². The highest BCUT2D eigenvalue weighted by Gasteiger charge is 2.34. The molecule has 0 aliphatic carbocycles. The average molecular weight is 449 g/mol. The molecular weight excluding hydrogens is 416 g/mol. The first-order chi connectivity index (χ1) is 14.5. The molecule has 0 radical (unpaired) electrons. The lowest BCUT2D eigenvalue weighted by molar-refractivity contribution is 0.0489. The van der Waals surface area contributed by atoms with Crippen molar-refractivity contribution in [1.29, 1.82) is 0 Å². The molecule has 170 valence electrons. The summed E-state index contributed by atoms with van der Waals surface area (Å²) < 4.78 is 33.7. The number of nitrogens with one attached hydrogen (secondary N) is 2. The highest BCUT2D eigenvalue weighted by atomic mass is 32.2. The van der Waals surface area contributed by atoms with E-state index < -0.39 is 21.7 Å². The summed E-state index contributed by atoms with van der Waals surface area (Å²) in [5.74, 6) is 0. The molecule has 1 aromatic carbocycles. The van der Waals surface area contributed by atoms with Gasteiger partial charge in [-0.15, -0.1) is 0 Å². The van der Waals surface area contributed by atoms with E-state index in [1.807, 2.05) is 40.7 Å². The van der Waals surface area contributed by atoms with Crippen molar-refractivity contribution < 1.29 is 17.9 Å². The van der Waals surface area contributed by atoms with Crippen molar-refractivity contribution in [3.05, 3.63) is 36.2 Å². The van der Waals surface area contributed by atoms with E-state index in [-0.39, 0.29) is 12.2 Å². The van der Waals surface area contributed by atoms with E-state index in [1.54, 1.807) is 24.5 Å². The Morgan fingerprint density at radius 2 is 2.06 bits per heavy atom. The summed E-state index contributed by atoms with van der Waals surface area (Å²) in [6, 6.07) is 5.22. The fraction of sp³-hybridized carbons (Fsp3) is 0.545. The number of nitrogens with zero attached hydrogens (tertiary/aromatic N) is 2. The van der Waals surface area contributed by atoms with Crippen LogP contribution in [0.15, 0.2) is 35.5 Å². The van der Waals surface area contributed by atoms with E-state index >= 15 is 0 Å². The summed E-state index contributed by atoms with van der Waals surface area (Å²) in [5, 5.41) is 7.70. The van der Waals surface area contributed by atoms with Crippen LogP contribution in [0.4, 0.5) is 4.79 Å². The third kappa shape index (κ3) is 5.53. The maximum Gasteiger partial charge on any atom is 0.408 e. The quantitative estimate of drug-likeness (QED) is 0.659. The second-order valence-electron chi connectivity index (χ2n) is 8.93. The van der Waals surface area contributed by atoms with Crippen molar-refractivity contribution in [3.63, 3.8) is 0 Å². The Morgan fingerprint density at radius 3 is 2.74 bits per heavy atom. The molecule has 2 aromatic rings. The second-order valence-corrected chi connectivity index (χ2v) is 10.8. The molecule has 1 saturated heterocycles. The normalized spacial score (nSPS) is 18.8. The Morgan fingerprint density at radius 1 is 1.32 bits per heavy atom. The number of carbonyl (C=O) groups is 1. The minimum atomic E-state index is -3.66. The van der Waals surface area contributed by atoms with Gasteiger partial charge in [-0.25, -0.2) is 13.2 Å². The Kier molecular flexibility index (Phi) is 6.88. The number of pyridine rings is 1. The predicted molar refractivity (Wildman–Crippen MR) is 120 cm³/mol. The van der Waals surface area contributed by atoms with Gasteiger partial charge in [0.15, 0.2) is 0 Å². The minimum absolute atomic E-state index is 0.0626. The van der Waals surface area contributed by atoms with Gasteiger partial charge in [0.25, 0.3) is 0 Å². The van der Waals surface area contributed by atoms with Crippen LogP contribution in [0, 0.1) is 6.92 Å². The molecule has 1 aliphatic rings. The monoisotopic (exact) mass is 448 g/mol. The maximum atomic E-state index is 13.4. The van der Waals surface area contributed by atoms with Crippen LogP contribution < -0.4 is 10.6 Å². The van der Waals surface area contributed by atoms with Crippen molar-refractivity contribution in [2.45, 2.75) is 70.2 Å². The van der Waals surface area contributed by atoms with Crippen LogP contribution in [-0.4, -0.2) is 54.7 Å². The van der Waals surface area contributed by atoms with Gasteiger partial charge in [-0.1, -0.05) is 19.1 Å². The minimum Gasteiger partial charge on any atom is -0.444 e. The number of carbonyl (C=O) groups excluding carboxylic acids is 1. The SMILES string of the molecule is CCC(NC(=O)OC(C)(C)C)NC1CCN(S(=O)(=O)c2cccc3cncc(C)c23)C1. The third-order valence-electron chi connectivity index (χ3n) is 5.24. The number of aryl methyl sites for hydroxylation is 1. The molecule has 2 unspecified atom stereocenters. The zero-order chi connectivity index (χ0) is 22.8. The molecule has 2 atom stereocenters. The van der Waals surface area contributed by atoms with Gasteiger partial charge in [0, 0.05) is 42.3 Å². The predicted octanol–water partition coefficient (Wildman–Crippen LogP) is 3.16. The summed E-state index contributed by atoms with van der Waals surface area (Å²) in [6.45, 7) is 10.0. The van der Waals surface area contributed by atoms with Crippen molar-refractivity contribution in [1.82, 2.24) is 19.9 Å². The molecule has 1 aromatic heterocycles. The van der Waals surface area contributed by atoms with E-state index in [4.69, 9.17) is 4.74 Å². The second kappa shape index (κ2) is 9.10. The van der Waals surface area contributed by atoms with Gasteiger partial charge < -0.3 is 10.1 Å². The molecule has 0 saturated carbocycles. The number of hydrogen-bond donors (Lipinski definition) is 2. The zero-order valence-electron chi connectivity index (χ0n) is 18.8. The van der Waals surface area contributed by atoms with E-state index in [2.05, 4.69) is 15.6 Å². The lowest BCUT2D eigenvalue weighted by Gasteiger charge is -2.26. The number of rotatable bonds is 6. The number of amides is 1. The number of ether oxygens (including phenoxy) is 1. The molecule has 0 spiro atoms. The van der Waals surface area contributed by atoms with Crippen molar-refractivity contribution in [2.75, 3.05) is 13.1 Å². The number of aromatic nitrogens is 1. The van der Waals surface area contributed by atoms with Gasteiger partial charge in [0.05, 0.1) is 11.1 Å². The van der Waals surface area contributed by atoms with Gasteiger partial charge in [-0.3, -0.25) is 10.3 Å². The average Bonchev–Trinajstić information content (AvgIpc) is 3.15. The number of benzene rings is 1. The van der Waals surface area contributed by atoms with E-state index in [0.29, 0.717) is 36.2 Å². The van der Waals surface area contributed by atoms with Crippen LogP contribution in [0.1, 0.15) is 46.1 Å². The number of sulfonamides is 1. The Hall–Kier alpha value is -2.23. The molecule has 9 heteroatoms. The summed E-state index contributed by atoms with van der Waals surface area (Å²) >= 11 is 0. The molecule has 8 nitrogen and oxygen atoms in total. The van der Waals surface area contributed by atoms with E-state index in [0.717, 1.165) is 10.9 Å². The molecule has 1 fully saturated rings. The van der Waals surface area contributed by atoms with Crippen LogP contribution in [0.25, 0.3) is 10.8 Å². The van der Waals surface area contributed by atoms with Gasteiger partial charge in [0.1, 0.15) is 5.60 Å². The van der Waals surface area contributed by atoms with Crippen LogP contribution in [0.2, 0.25) is 0 Å². The lowest BCUT2D eigenvalue weighted by atomic mass is 10.1. The van der Waals surface area contributed by atoms with E-state index in [9.17, 15) is 13.2 Å². The van der Waals surface area contributed by atoms with Gasteiger partial charge >= 0.3 is 6.09 Å². The molecule has 2 N–H and O–H groups in total. The molecule has 3 rings (SSSR count). The highest BCUT2D eigenvalue weighted by molar-refractivity contribution is 7.89. The van der Waals surface area contributed by atoms with Crippen LogP contribution in [0.5, 0.6) is 0 Å². The van der Waals surface area contributed by atoms with Crippen molar-refractivity contribution in [2.24, 2.45) is 0 Å². The molecule has 1 aliphatic heterocycles. The standard InChI is InChI=1S/C22H32N4O4S/c1-6-19(25-21(27)30-22(3,4)5)24-17-10-11-26(14-17)31(28,29)18-9-7-8-16-13-23-12-15(2)20(16)18/h7-9,12-13,17,19,24H,6,10-11,14H2,1-5H3,(H,25,27). The largest absolute Gasteiger partial charge is 0.444 e. The smallest absolute Gasteiger partial charge is 0.408 e. The summed E-state index contributed by atoms with van der Waals surface area (Å²) in [7, 11) is -3.66. The fourth-order valence-corrected chi connectivity index (χ4v) is 5.59. The molecular formula is C22H32N4O4S. The maximum absolute atomic E-state index is 13.4. The summed E-state index contributed by atoms with van der Waals surface area (Å²) in [5.41, 5.74) is 0.255. The first-order valence-corrected chi connectivity index (χ1v) is 12.0. The van der Waals surface area contributed by atoms with Gasteiger partial charge in [-0.05, 0) is 52.2 Å².